The predicted octanol–water partition coefficient (Wildman–Crippen LogP) is 2.17. The Balaban J connectivity index is 1.81. The number of aryl methyl sites for hydroxylation is 1. The summed E-state index contributed by atoms with van der Waals surface area (Å²) in [5.74, 6) is 1.42. The van der Waals surface area contributed by atoms with Gasteiger partial charge in [-0.25, -0.2) is 4.98 Å². The monoisotopic (exact) mass is 343 g/mol. The Kier molecular flexibility index (Phi) is 5.39. The van der Waals surface area contributed by atoms with Crippen molar-refractivity contribution in [1.29, 1.82) is 0 Å². The van der Waals surface area contributed by atoms with Crippen LogP contribution in [-0.4, -0.2) is 34.1 Å². The summed E-state index contributed by atoms with van der Waals surface area (Å²) < 4.78 is 2.11. The molecule has 1 aliphatic heterocycles. The molecule has 0 spiro atoms. The van der Waals surface area contributed by atoms with E-state index in [-0.39, 0.29) is 11.9 Å². The quantitative estimate of drug-likeness (QED) is 0.752. The number of hydrogen-bond donors (Lipinski definition) is 3. The highest BCUT2D eigenvalue weighted by atomic mass is 16.2. The lowest BCUT2D eigenvalue weighted by Gasteiger charge is -2.23. The van der Waals surface area contributed by atoms with E-state index < -0.39 is 0 Å². The van der Waals surface area contributed by atoms with E-state index in [1.807, 2.05) is 24.3 Å². The van der Waals surface area contributed by atoms with Gasteiger partial charge in [-0.1, -0.05) is 26.0 Å². The Hall–Kier alpha value is -1.92. The Morgan fingerprint density at radius 2 is 1.92 bits per heavy atom. The largest absolute Gasteiger partial charge is 0.354 e. The Labute approximate surface area is 149 Å². The van der Waals surface area contributed by atoms with Gasteiger partial charge in [0.1, 0.15) is 11.9 Å². The number of rotatable bonds is 6. The molecule has 136 valence electrons. The summed E-state index contributed by atoms with van der Waals surface area (Å²) in [6, 6.07) is 8.51. The Morgan fingerprint density at radius 3 is 2.56 bits per heavy atom. The van der Waals surface area contributed by atoms with Crippen molar-refractivity contribution in [1.82, 2.24) is 25.7 Å². The molecule has 6 nitrogen and oxygen atoms in total. The molecule has 1 aromatic carbocycles. The van der Waals surface area contributed by atoms with Crippen LogP contribution in [0.15, 0.2) is 24.3 Å². The zero-order valence-electron chi connectivity index (χ0n) is 15.5. The highest BCUT2D eigenvalue weighted by molar-refractivity contribution is 5.84. The van der Waals surface area contributed by atoms with E-state index in [2.05, 4.69) is 48.4 Å². The summed E-state index contributed by atoms with van der Waals surface area (Å²) in [6.45, 7) is 9.10. The lowest BCUT2D eigenvalue weighted by Crippen LogP contribution is -2.40. The van der Waals surface area contributed by atoms with E-state index in [0.29, 0.717) is 24.5 Å². The van der Waals surface area contributed by atoms with Crippen LogP contribution < -0.4 is 16.2 Å². The minimum Gasteiger partial charge on any atom is -0.354 e. The second-order valence-electron chi connectivity index (χ2n) is 6.94. The van der Waals surface area contributed by atoms with Crippen LogP contribution in [0.4, 0.5) is 0 Å². The molecule has 3 N–H and O–H groups in total. The topological polar surface area (TPSA) is 71.0 Å². The van der Waals surface area contributed by atoms with Gasteiger partial charge in [-0.2, -0.15) is 0 Å². The second kappa shape index (κ2) is 7.54. The molecule has 0 aliphatic carbocycles. The van der Waals surface area contributed by atoms with Gasteiger partial charge in [-0.15, -0.1) is 0 Å². The van der Waals surface area contributed by atoms with Crippen LogP contribution in [0.2, 0.25) is 0 Å². The van der Waals surface area contributed by atoms with Crippen LogP contribution >= 0.6 is 0 Å². The van der Waals surface area contributed by atoms with Crippen molar-refractivity contribution in [2.24, 2.45) is 5.92 Å². The standard InChI is InChI=1S/C19H29N5O/c1-5-16(19(25)20-11-14-12(3)22-23-13(14)4)24-17-10-8-7-9-15(17)21-18(24)6-2/h7-10,12-14,16,22-23H,5-6,11H2,1-4H3,(H,20,25). The third-order valence-corrected chi connectivity index (χ3v) is 5.32. The van der Waals surface area contributed by atoms with Gasteiger partial charge in [0.15, 0.2) is 0 Å². The molecule has 3 atom stereocenters. The summed E-state index contributed by atoms with van der Waals surface area (Å²) in [6.07, 6.45) is 1.55. The zero-order valence-corrected chi connectivity index (χ0v) is 15.5. The summed E-state index contributed by atoms with van der Waals surface area (Å²) in [5.41, 5.74) is 8.47. The van der Waals surface area contributed by atoms with Gasteiger partial charge in [0.05, 0.1) is 11.0 Å². The molecule has 1 saturated heterocycles. The third kappa shape index (κ3) is 3.41. The van der Waals surface area contributed by atoms with Gasteiger partial charge in [-0.05, 0) is 32.4 Å². The minimum absolute atomic E-state index is 0.0756. The van der Waals surface area contributed by atoms with E-state index in [9.17, 15) is 4.79 Å². The number of aromatic nitrogens is 2. The van der Waals surface area contributed by atoms with Crippen LogP contribution in [0.5, 0.6) is 0 Å². The van der Waals surface area contributed by atoms with Gasteiger partial charge in [0.2, 0.25) is 5.91 Å². The van der Waals surface area contributed by atoms with Crippen molar-refractivity contribution < 1.29 is 4.79 Å². The van der Waals surface area contributed by atoms with Crippen LogP contribution in [0, 0.1) is 5.92 Å². The highest BCUT2D eigenvalue weighted by Gasteiger charge is 2.31. The summed E-state index contributed by atoms with van der Waals surface area (Å²) in [4.78, 5) is 17.7. The number of para-hydroxylation sites is 2. The van der Waals surface area contributed by atoms with Crippen molar-refractivity contribution in [3.05, 3.63) is 30.1 Å². The molecule has 2 heterocycles. The number of hydrogen-bond acceptors (Lipinski definition) is 4. The van der Waals surface area contributed by atoms with Gasteiger partial charge in [0.25, 0.3) is 0 Å². The minimum atomic E-state index is -0.227. The van der Waals surface area contributed by atoms with Gasteiger partial charge >= 0.3 is 0 Å². The highest BCUT2D eigenvalue weighted by Crippen LogP contribution is 2.24. The van der Waals surface area contributed by atoms with E-state index in [1.165, 1.54) is 0 Å². The molecule has 1 aromatic heterocycles. The fourth-order valence-electron chi connectivity index (χ4n) is 3.78. The first-order chi connectivity index (χ1) is 12.1. The molecule has 1 aliphatic rings. The lowest BCUT2D eigenvalue weighted by molar-refractivity contribution is -0.124. The molecule has 0 radical (unpaired) electrons. The number of imidazole rings is 1. The van der Waals surface area contributed by atoms with Crippen molar-refractivity contribution >= 4 is 16.9 Å². The average molecular weight is 343 g/mol. The molecule has 2 aromatic rings. The third-order valence-electron chi connectivity index (χ3n) is 5.32. The molecular formula is C19H29N5O. The number of fused-ring (bicyclic) bond motifs is 1. The molecule has 3 rings (SSSR count). The maximum absolute atomic E-state index is 13.0. The Morgan fingerprint density at radius 1 is 1.24 bits per heavy atom. The van der Waals surface area contributed by atoms with Crippen molar-refractivity contribution in [3.8, 4) is 0 Å². The molecule has 1 amide bonds. The lowest BCUT2D eigenvalue weighted by atomic mass is 9.96. The molecule has 6 heteroatoms. The first-order valence-electron chi connectivity index (χ1n) is 9.31. The SMILES string of the molecule is CCc1nc2ccccc2n1C(CC)C(=O)NCC1C(C)NNC1C. The molecular weight excluding hydrogens is 314 g/mol. The number of benzene rings is 1. The van der Waals surface area contributed by atoms with Gasteiger partial charge in [-0.3, -0.25) is 15.6 Å². The first kappa shape index (κ1) is 17.9. The van der Waals surface area contributed by atoms with Crippen LogP contribution in [-0.2, 0) is 11.2 Å². The Bertz CT molecular complexity index is 730. The molecule has 0 bridgehead atoms. The van der Waals surface area contributed by atoms with Crippen LogP contribution in [0.3, 0.4) is 0 Å². The molecule has 1 fully saturated rings. The van der Waals surface area contributed by atoms with Crippen molar-refractivity contribution in [2.75, 3.05) is 6.54 Å². The summed E-state index contributed by atoms with van der Waals surface area (Å²) in [7, 11) is 0. The number of nitrogens with one attached hydrogen (secondary N) is 3. The zero-order chi connectivity index (χ0) is 18.0. The molecule has 3 unspecified atom stereocenters. The number of carbonyl (C=O) groups excluding carboxylic acids is 1. The second-order valence-corrected chi connectivity index (χ2v) is 6.94. The van der Waals surface area contributed by atoms with Crippen LogP contribution in [0.25, 0.3) is 11.0 Å². The number of amides is 1. The predicted molar refractivity (Wildman–Crippen MR) is 100 cm³/mol. The molecule has 25 heavy (non-hydrogen) atoms. The van der Waals surface area contributed by atoms with Gasteiger partial charge < -0.3 is 9.88 Å². The fourth-order valence-corrected chi connectivity index (χ4v) is 3.78. The first-order valence-corrected chi connectivity index (χ1v) is 9.31. The van der Waals surface area contributed by atoms with Crippen LogP contribution in [0.1, 0.15) is 46.0 Å². The van der Waals surface area contributed by atoms with Gasteiger partial charge in [0, 0.05) is 31.0 Å². The van der Waals surface area contributed by atoms with E-state index in [1.54, 1.807) is 0 Å². The number of hydrazine groups is 1. The molecule has 0 saturated carbocycles. The van der Waals surface area contributed by atoms with Crippen molar-refractivity contribution in [2.45, 2.75) is 58.7 Å². The maximum Gasteiger partial charge on any atom is 0.243 e. The van der Waals surface area contributed by atoms with E-state index in [0.717, 1.165) is 29.7 Å². The smallest absolute Gasteiger partial charge is 0.243 e. The van der Waals surface area contributed by atoms with Crippen molar-refractivity contribution in [3.63, 3.8) is 0 Å². The normalized spacial score (nSPS) is 24.6. The number of carbonyl (C=O) groups is 1. The van der Waals surface area contributed by atoms with E-state index >= 15 is 0 Å². The van der Waals surface area contributed by atoms with E-state index in [4.69, 9.17) is 4.98 Å². The fraction of sp³-hybridized carbons (Fsp3) is 0.579. The summed E-state index contributed by atoms with van der Waals surface area (Å²) in [5, 5.41) is 3.17. The summed E-state index contributed by atoms with van der Waals surface area (Å²) >= 11 is 0. The average Bonchev–Trinajstić information content (AvgIpc) is 3.14. The maximum atomic E-state index is 13.0. The number of nitrogens with zero attached hydrogens (tertiary/aromatic N) is 2.